The molecule has 12 rings (SSSR count). The number of aliphatic carboxylic acids is 1. The van der Waals surface area contributed by atoms with Crippen molar-refractivity contribution < 1.29 is 114 Å². The van der Waals surface area contributed by atoms with E-state index in [-0.39, 0.29) is 73.4 Å². The summed E-state index contributed by atoms with van der Waals surface area (Å²) in [5, 5.41) is 65.2. The average molecular weight is 1610 g/mol. The Bertz CT molecular complexity index is 5020. The summed E-state index contributed by atoms with van der Waals surface area (Å²) in [6.07, 6.45) is -3.25. The van der Waals surface area contributed by atoms with Crippen molar-refractivity contribution in [1.82, 2.24) is 39.8 Å². The molecule has 598 valence electrons. The highest BCUT2D eigenvalue weighted by Gasteiger charge is 2.56. The molecule has 33 nitrogen and oxygen atoms in total. The number of para-hydroxylation sites is 1. The average Bonchev–Trinajstić information content (AvgIpc) is 0.914. The molecule has 0 radical (unpaired) electrons. The number of aromatic carboxylic acids is 1. The van der Waals surface area contributed by atoms with Crippen LogP contribution in [0.1, 0.15) is 110 Å². The van der Waals surface area contributed by atoms with E-state index < -0.39 is 154 Å². The zero-order chi connectivity index (χ0) is 80.4. The van der Waals surface area contributed by atoms with Crippen LogP contribution in [0.15, 0.2) is 109 Å². The lowest BCUT2D eigenvalue weighted by atomic mass is 9.51. The van der Waals surface area contributed by atoms with Crippen molar-refractivity contribution in [2.24, 2.45) is 16.7 Å². The molecule has 3 aliphatic heterocycles. The molecule has 7 aromatic rings. The summed E-state index contributed by atoms with van der Waals surface area (Å²) >= 11 is 1.36. The number of hydrogen-bond acceptors (Lipinski definition) is 24. The third kappa shape index (κ3) is 19.1. The third-order valence-electron chi connectivity index (χ3n) is 21.0. The fourth-order valence-corrected chi connectivity index (χ4v) is 18.3. The first kappa shape index (κ1) is 81.7. The van der Waals surface area contributed by atoms with Crippen molar-refractivity contribution >= 4 is 105 Å². The Hall–Kier alpha value is -9.73. The second-order valence-corrected chi connectivity index (χ2v) is 34.3. The second kappa shape index (κ2) is 33.5. The number of imide groups is 1. The Morgan fingerprint density at radius 2 is 1.56 bits per heavy atom. The van der Waals surface area contributed by atoms with E-state index in [0.29, 0.717) is 88.4 Å². The van der Waals surface area contributed by atoms with Gasteiger partial charge in [-0.05, 0) is 134 Å². The molecule has 4 fully saturated rings. The first-order chi connectivity index (χ1) is 53.0. The zero-order valence-electron chi connectivity index (χ0n) is 61.6. The van der Waals surface area contributed by atoms with Gasteiger partial charge in [0.15, 0.2) is 16.9 Å². The molecule has 4 unspecified atom stereocenters. The van der Waals surface area contributed by atoms with E-state index in [1.54, 1.807) is 36.5 Å². The number of carbonyl (C=O) groups is 8. The molecular formula is C76H87N9O24S3. The van der Waals surface area contributed by atoms with E-state index in [9.17, 15) is 85.3 Å². The number of aromatic nitrogens is 4. The molecule has 6 amide bonds. The minimum Gasteiger partial charge on any atom is -0.479 e. The molecule has 36 heteroatoms. The first-order valence-corrected chi connectivity index (χ1v) is 40.4. The highest BCUT2D eigenvalue weighted by atomic mass is 32.2. The number of likely N-dealkylation sites (tertiary alicyclic amines) is 1. The summed E-state index contributed by atoms with van der Waals surface area (Å²) in [4.78, 5) is 118. The number of rotatable bonds is 32. The van der Waals surface area contributed by atoms with E-state index in [1.807, 2.05) is 60.1 Å². The summed E-state index contributed by atoms with van der Waals surface area (Å²) in [5.74, 6) is -7.69. The number of carbonyl (C=O) groups excluding carboxylic acids is 6. The van der Waals surface area contributed by atoms with Gasteiger partial charge in [0.2, 0.25) is 18.1 Å². The van der Waals surface area contributed by atoms with Crippen LogP contribution in [-0.4, -0.2) is 239 Å². The molecule has 2 bridgehead atoms. The van der Waals surface area contributed by atoms with Crippen molar-refractivity contribution in [2.75, 3.05) is 62.8 Å². The summed E-state index contributed by atoms with van der Waals surface area (Å²) in [7, 11) is -9.04. The molecule has 2 aliphatic carbocycles. The van der Waals surface area contributed by atoms with Gasteiger partial charge in [-0.25, -0.2) is 24.4 Å². The number of hydrogen-bond donors (Lipinski definition) is 9. The maximum Gasteiger partial charge on any atom is 0.410 e. The monoisotopic (exact) mass is 1610 g/mol. The normalized spacial score (nSPS) is 24.6. The molecule has 11 atom stereocenters. The number of thiazole rings is 1. The Morgan fingerprint density at radius 1 is 0.804 bits per heavy atom. The molecule has 9 N–H and O–H groups in total. The lowest BCUT2D eigenvalue weighted by molar-refractivity contribution is -0.271. The number of aliphatic hydroxyl groups excluding tert-OH is 3. The Morgan fingerprint density at radius 3 is 2.29 bits per heavy atom. The molecule has 0 spiro atoms. The summed E-state index contributed by atoms with van der Waals surface area (Å²) in [6.45, 7) is 6.10. The number of benzene rings is 4. The summed E-state index contributed by atoms with van der Waals surface area (Å²) in [5.41, 5.74) is 2.65. The largest absolute Gasteiger partial charge is 0.479 e. The van der Waals surface area contributed by atoms with Gasteiger partial charge < -0.3 is 64.3 Å². The molecule has 6 heterocycles. The smallest absolute Gasteiger partial charge is 0.410 e. The van der Waals surface area contributed by atoms with E-state index in [0.717, 1.165) is 55.3 Å². The van der Waals surface area contributed by atoms with Gasteiger partial charge in [-0.2, -0.15) is 21.9 Å². The number of fused-ring (bicyclic) bond motifs is 4. The number of aryl methyl sites for hydroxylation is 1. The quantitative estimate of drug-likeness (QED) is 0.0132. The Kier molecular flexibility index (Phi) is 24.5. The van der Waals surface area contributed by atoms with Crippen LogP contribution in [0.4, 0.5) is 9.93 Å². The second-order valence-electron chi connectivity index (χ2n) is 30.1. The minimum absolute atomic E-state index is 0.0706. The van der Waals surface area contributed by atoms with Crippen molar-refractivity contribution in [3.8, 4) is 28.1 Å². The van der Waals surface area contributed by atoms with Crippen LogP contribution in [0.25, 0.3) is 43.4 Å². The third-order valence-corrected chi connectivity index (χ3v) is 23.4. The van der Waals surface area contributed by atoms with E-state index in [4.69, 9.17) is 38.3 Å². The number of anilines is 1. The molecule has 5 aliphatic rings. The number of carboxylic acids is 2. The molecule has 112 heavy (non-hydrogen) atoms. The predicted molar refractivity (Wildman–Crippen MR) is 402 cm³/mol. The number of amides is 6. The van der Waals surface area contributed by atoms with Crippen molar-refractivity contribution in [1.29, 1.82) is 0 Å². The minimum atomic E-state index is -4.66. The topological polar surface area (TPSA) is 470 Å². The van der Waals surface area contributed by atoms with Gasteiger partial charge in [-0.1, -0.05) is 80.6 Å². The van der Waals surface area contributed by atoms with Gasteiger partial charge in [-0.3, -0.25) is 48.0 Å². The lowest BCUT2D eigenvalue weighted by Crippen LogP contribution is -2.61. The maximum absolute atomic E-state index is 14.3. The lowest BCUT2D eigenvalue weighted by Gasteiger charge is -2.58. The SMILES string of the molecule is Cc1c(-c2ccc(-c3ccc4cccc(C(=O)Nc5nc6ccccc6s5)c4c3)nc2C(=O)O)cnn1CC1(C)CC2(C)CC(C)CC(OCCN(CCS(=O)(=O)O)C(=O)OCc3ccc(CCCCNC(=O)CN4C(=O)[C@@H](N5C(=O)C=CC5=O)C[C@H]4COCCS(=O)(=O)O)cc3O[C@@H]3O[C@H](C(=O)O)[C@@H](O)[C@H](O)[C@H]3O)(C2)C1. The van der Waals surface area contributed by atoms with Gasteiger partial charge in [0.05, 0.1) is 71.6 Å². The first-order valence-electron chi connectivity index (χ1n) is 36.4. The number of carboxylic acid groups (broad SMARTS) is 2. The van der Waals surface area contributed by atoms with Crippen LogP contribution in [0, 0.1) is 23.7 Å². The van der Waals surface area contributed by atoms with E-state index in [1.165, 1.54) is 23.5 Å². The Labute approximate surface area is 647 Å². The van der Waals surface area contributed by atoms with E-state index >= 15 is 0 Å². The fraction of sp³-hybridized carbons (Fsp3) is 0.461. The van der Waals surface area contributed by atoms with Crippen molar-refractivity contribution in [2.45, 2.75) is 147 Å². The molecular weight excluding hydrogens is 1520 g/mol. The standard InChI is InChI=1S/C76H87N9O24S3/c1-43-33-74(3)39-75(4,42-84-44(2)53(35-78-84)50-19-20-54(79-62(50)69(94)95)47-18-17-46-11-9-12-51(52(46)31-47)67(92)81-72-80-55-13-5-6-14-58(55)110-72)41-76(34-43,40-74)107-26-24-82(25-28-111(99,100)101)73(98)106-37-48-16-15-45(30-57(48)108-71-65(91)63(89)64(90)66(109-71)70(96)97)10-7-8-23-77-59(86)36-83-49(38-105-27-29-112(102,103)104)32-56(68(83)93)85-60(87)21-22-61(85)88/h5-6,9,11-22,30-31,35,43,49,56,63-66,71,89-91H,7-8,10,23-29,32-34,36-42H2,1-4H3,(H,77,86)(H,94,95)(H,96,97)(H,80,81,92)(H,99,100,101)(H,102,103,104)/t43?,49-,56-,63-,64-,65+,66-,71+,74?,75?,76?/m0/s1. The Balaban J connectivity index is 0.700. The van der Waals surface area contributed by atoms with Crippen LogP contribution in [-0.2, 0) is 82.7 Å². The number of aliphatic hydroxyl groups is 3. The highest BCUT2D eigenvalue weighted by molar-refractivity contribution is 7.86. The zero-order valence-corrected chi connectivity index (χ0v) is 64.0. The van der Waals surface area contributed by atoms with Crippen LogP contribution in [0.2, 0.25) is 0 Å². The van der Waals surface area contributed by atoms with Gasteiger partial charge in [0, 0.05) is 78.3 Å². The number of nitrogens with zero attached hydrogens (tertiary/aromatic N) is 7. The number of nitrogens with one attached hydrogen (secondary N) is 2. The van der Waals surface area contributed by atoms with Gasteiger partial charge in [-0.15, -0.1) is 0 Å². The molecule has 3 aromatic heterocycles. The fourth-order valence-electron chi connectivity index (χ4n) is 16.6. The highest BCUT2D eigenvalue weighted by Crippen LogP contribution is 2.60. The van der Waals surface area contributed by atoms with Gasteiger partial charge >= 0.3 is 18.0 Å². The molecule has 4 aromatic carbocycles. The van der Waals surface area contributed by atoms with Gasteiger partial charge in [0.25, 0.3) is 38.0 Å². The van der Waals surface area contributed by atoms with Crippen LogP contribution in [0.3, 0.4) is 0 Å². The predicted octanol–water partition coefficient (Wildman–Crippen LogP) is 6.05. The van der Waals surface area contributed by atoms with Crippen molar-refractivity contribution in [3.05, 3.63) is 137 Å². The summed E-state index contributed by atoms with van der Waals surface area (Å²) in [6, 6.07) is 24.3. The summed E-state index contributed by atoms with van der Waals surface area (Å²) < 4.78 is 98.6. The molecule has 2 saturated heterocycles. The molecule has 2 saturated carbocycles. The number of ether oxygens (including phenoxy) is 5. The number of unbranched alkanes of at least 4 members (excludes halogenated alkanes) is 1. The van der Waals surface area contributed by atoms with E-state index in [2.05, 4.69) is 36.4 Å². The maximum atomic E-state index is 14.3. The van der Waals surface area contributed by atoms with Gasteiger partial charge in [0.1, 0.15) is 36.7 Å². The number of pyridine rings is 1. The van der Waals surface area contributed by atoms with Crippen LogP contribution < -0.4 is 15.4 Å². The van der Waals surface area contributed by atoms with Crippen molar-refractivity contribution in [3.63, 3.8) is 0 Å². The van der Waals surface area contributed by atoms with Crippen LogP contribution >= 0.6 is 11.3 Å². The van der Waals surface area contributed by atoms with Crippen LogP contribution in [0.5, 0.6) is 5.75 Å².